The van der Waals surface area contributed by atoms with Crippen molar-refractivity contribution >= 4 is 16.8 Å². The van der Waals surface area contributed by atoms with Gasteiger partial charge in [0.05, 0.1) is 6.42 Å². The second kappa shape index (κ2) is 3.70. The van der Waals surface area contributed by atoms with Crippen molar-refractivity contribution in [2.75, 3.05) is 5.73 Å². The Hall–Kier alpha value is -1.72. The van der Waals surface area contributed by atoms with Crippen LogP contribution < -0.4 is 5.73 Å². The Morgan fingerprint density at radius 2 is 2.06 bits per heavy atom. The van der Waals surface area contributed by atoms with E-state index in [9.17, 15) is 13.2 Å². The van der Waals surface area contributed by atoms with Gasteiger partial charge in [0, 0.05) is 12.1 Å². The first-order chi connectivity index (χ1) is 7.44. The summed E-state index contributed by atoms with van der Waals surface area (Å²) in [5, 5.41) is 0. The largest absolute Gasteiger partial charge is 0.441 e. The number of alkyl halides is 3. The fourth-order valence-electron chi connectivity index (χ4n) is 1.35. The van der Waals surface area contributed by atoms with Gasteiger partial charge in [0.1, 0.15) is 5.52 Å². The third-order valence-electron chi connectivity index (χ3n) is 2.08. The van der Waals surface area contributed by atoms with E-state index in [1.54, 1.807) is 18.2 Å². The molecule has 0 aliphatic heterocycles. The van der Waals surface area contributed by atoms with Gasteiger partial charge in [0.25, 0.3) is 0 Å². The maximum absolute atomic E-state index is 12.0. The van der Waals surface area contributed by atoms with Crippen molar-refractivity contribution in [3.05, 3.63) is 24.1 Å². The summed E-state index contributed by atoms with van der Waals surface area (Å²) in [5.74, 6) is 0.0814. The van der Waals surface area contributed by atoms with E-state index in [-0.39, 0.29) is 12.3 Å². The molecule has 0 unspecified atom stereocenters. The van der Waals surface area contributed by atoms with E-state index >= 15 is 0 Å². The molecule has 0 bridgehead atoms. The molecule has 0 fully saturated rings. The summed E-state index contributed by atoms with van der Waals surface area (Å²) in [6.07, 6.45) is -5.38. The number of rotatable bonds is 2. The summed E-state index contributed by atoms with van der Waals surface area (Å²) in [6.45, 7) is 0. The topological polar surface area (TPSA) is 52.0 Å². The third-order valence-corrected chi connectivity index (χ3v) is 2.08. The van der Waals surface area contributed by atoms with Crippen molar-refractivity contribution in [1.82, 2.24) is 4.98 Å². The molecule has 0 atom stereocenters. The Morgan fingerprint density at radius 3 is 2.75 bits per heavy atom. The van der Waals surface area contributed by atoms with Crippen LogP contribution in [0.3, 0.4) is 0 Å². The highest BCUT2D eigenvalue weighted by molar-refractivity contribution is 5.76. The van der Waals surface area contributed by atoms with Crippen LogP contribution in [0.15, 0.2) is 22.6 Å². The highest BCUT2D eigenvalue weighted by Gasteiger charge is 2.27. The normalized spacial score (nSPS) is 12.2. The molecule has 2 aromatic rings. The molecule has 0 spiro atoms. The monoisotopic (exact) mass is 230 g/mol. The lowest BCUT2D eigenvalue weighted by molar-refractivity contribution is -0.134. The van der Waals surface area contributed by atoms with Crippen LogP contribution in [0.1, 0.15) is 12.3 Å². The first kappa shape index (κ1) is 10.8. The average molecular weight is 230 g/mol. The first-order valence-corrected chi connectivity index (χ1v) is 4.66. The van der Waals surface area contributed by atoms with Crippen LogP contribution in [0.5, 0.6) is 0 Å². The maximum atomic E-state index is 12.0. The number of halogens is 3. The van der Waals surface area contributed by atoms with Crippen LogP contribution in [-0.2, 0) is 6.42 Å². The van der Waals surface area contributed by atoms with Crippen molar-refractivity contribution in [2.45, 2.75) is 19.0 Å². The Balaban J connectivity index is 2.20. The van der Waals surface area contributed by atoms with Gasteiger partial charge in [-0.2, -0.15) is 13.2 Å². The van der Waals surface area contributed by atoms with Crippen LogP contribution >= 0.6 is 0 Å². The molecule has 3 nitrogen and oxygen atoms in total. The molecule has 1 heterocycles. The Bertz CT molecular complexity index is 504. The van der Waals surface area contributed by atoms with Crippen LogP contribution in [0, 0.1) is 0 Å². The van der Waals surface area contributed by atoms with Gasteiger partial charge in [-0.25, -0.2) is 4.98 Å². The zero-order chi connectivity index (χ0) is 11.8. The number of anilines is 1. The maximum Gasteiger partial charge on any atom is 0.389 e. The van der Waals surface area contributed by atoms with Crippen molar-refractivity contribution < 1.29 is 17.6 Å². The van der Waals surface area contributed by atoms with E-state index in [1.807, 2.05) is 0 Å². The van der Waals surface area contributed by atoms with Crippen molar-refractivity contribution in [3.63, 3.8) is 0 Å². The van der Waals surface area contributed by atoms with Crippen molar-refractivity contribution in [2.24, 2.45) is 0 Å². The van der Waals surface area contributed by atoms with E-state index in [2.05, 4.69) is 4.98 Å². The van der Waals surface area contributed by atoms with Gasteiger partial charge in [-0.05, 0) is 18.2 Å². The Morgan fingerprint density at radius 1 is 1.31 bits per heavy atom. The molecule has 6 heteroatoms. The lowest BCUT2D eigenvalue weighted by Crippen LogP contribution is -2.08. The quantitative estimate of drug-likeness (QED) is 0.807. The van der Waals surface area contributed by atoms with Crippen LogP contribution in [0.2, 0.25) is 0 Å². The molecule has 0 radical (unpaired) electrons. The lowest BCUT2D eigenvalue weighted by Gasteiger charge is -2.02. The molecule has 0 saturated heterocycles. The average Bonchev–Trinajstić information content (AvgIpc) is 2.55. The van der Waals surface area contributed by atoms with E-state index < -0.39 is 12.6 Å². The van der Waals surface area contributed by atoms with Gasteiger partial charge in [-0.1, -0.05) is 0 Å². The molecule has 0 aliphatic rings. The summed E-state index contributed by atoms with van der Waals surface area (Å²) < 4.78 is 41.1. The number of aryl methyl sites for hydroxylation is 1. The van der Waals surface area contributed by atoms with Gasteiger partial charge < -0.3 is 10.2 Å². The standard InChI is InChI=1S/C10H9F3N2O/c11-10(12,13)4-3-9-15-7-5-6(14)1-2-8(7)16-9/h1-2,5H,3-4,14H2. The van der Waals surface area contributed by atoms with Gasteiger partial charge in [-0.3, -0.25) is 0 Å². The fraction of sp³-hybridized carbons (Fsp3) is 0.300. The number of hydrogen-bond donors (Lipinski definition) is 1. The van der Waals surface area contributed by atoms with Crippen LogP contribution in [0.4, 0.5) is 18.9 Å². The molecule has 86 valence electrons. The van der Waals surface area contributed by atoms with Gasteiger partial charge in [0.2, 0.25) is 0 Å². The smallest absolute Gasteiger partial charge is 0.389 e. The number of fused-ring (bicyclic) bond motifs is 1. The third kappa shape index (κ3) is 2.44. The second-order valence-electron chi connectivity index (χ2n) is 3.45. The minimum Gasteiger partial charge on any atom is -0.441 e. The number of nitrogens with zero attached hydrogens (tertiary/aromatic N) is 1. The van der Waals surface area contributed by atoms with E-state index in [1.165, 1.54) is 0 Å². The van der Waals surface area contributed by atoms with Gasteiger partial charge in [0.15, 0.2) is 11.5 Å². The van der Waals surface area contributed by atoms with Crippen molar-refractivity contribution in [1.29, 1.82) is 0 Å². The molecule has 1 aromatic carbocycles. The molecule has 16 heavy (non-hydrogen) atoms. The number of hydrogen-bond acceptors (Lipinski definition) is 3. The second-order valence-corrected chi connectivity index (χ2v) is 3.45. The molecule has 0 amide bonds. The summed E-state index contributed by atoms with van der Waals surface area (Å²) in [7, 11) is 0. The molecule has 2 rings (SSSR count). The number of oxazole rings is 1. The number of nitrogen functional groups attached to an aromatic ring is 1. The predicted molar refractivity (Wildman–Crippen MR) is 52.8 cm³/mol. The van der Waals surface area contributed by atoms with E-state index in [0.717, 1.165) is 0 Å². The predicted octanol–water partition coefficient (Wildman–Crippen LogP) is 2.90. The molecule has 0 saturated carbocycles. The molecular formula is C10H9F3N2O. The van der Waals surface area contributed by atoms with Gasteiger partial charge in [-0.15, -0.1) is 0 Å². The van der Waals surface area contributed by atoms with Crippen LogP contribution in [-0.4, -0.2) is 11.2 Å². The zero-order valence-electron chi connectivity index (χ0n) is 8.21. The number of aromatic nitrogens is 1. The van der Waals surface area contributed by atoms with Crippen molar-refractivity contribution in [3.8, 4) is 0 Å². The summed E-state index contributed by atoms with van der Waals surface area (Å²) in [4.78, 5) is 3.93. The number of benzene rings is 1. The molecule has 0 aliphatic carbocycles. The summed E-state index contributed by atoms with van der Waals surface area (Å²) in [5.41, 5.74) is 6.95. The van der Waals surface area contributed by atoms with E-state index in [0.29, 0.717) is 16.8 Å². The van der Waals surface area contributed by atoms with E-state index in [4.69, 9.17) is 10.2 Å². The van der Waals surface area contributed by atoms with Gasteiger partial charge >= 0.3 is 6.18 Å². The fourth-order valence-corrected chi connectivity index (χ4v) is 1.35. The summed E-state index contributed by atoms with van der Waals surface area (Å²) >= 11 is 0. The van der Waals surface area contributed by atoms with Crippen LogP contribution in [0.25, 0.3) is 11.1 Å². The Kier molecular flexibility index (Phi) is 2.49. The highest BCUT2D eigenvalue weighted by atomic mass is 19.4. The SMILES string of the molecule is Nc1ccc2oc(CCC(F)(F)F)nc2c1. The Labute approximate surface area is 89.1 Å². The zero-order valence-corrected chi connectivity index (χ0v) is 8.21. The highest BCUT2D eigenvalue weighted by Crippen LogP contribution is 2.24. The summed E-state index contributed by atoms with van der Waals surface area (Å²) in [6, 6.07) is 4.77. The minimum atomic E-state index is -4.19. The molecule has 1 aromatic heterocycles. The molecular weight excluding hydrogens is 221 g/mol. The molecule has 2 N–H and O–H groups in total. The minimum absolute atomic E-state index is 0.0814. The number of nitrogens with two attached hydrogens (primary N) is 1. The first-order valence-electron chi connectivity index (χ1n) is 4.66. The lowest BCUT2D eigenvalue weighted by atomic mass is 10.3.